The zero-order valence-corrected chi connectivity index (χ0v) is 14.5. The van der Waals surface area contributed by atoms with Crippen LogP contribution in [0.15, 0.2) is 53.5 Å². The SMILES string of the molecule is CN(C)C(=O)c1ccc2c(c1)CN(C(=O)c1ccc[nH]1)C2c1cnco1. The Morgan fingerprint density at radius 1 is 1.31 bits per heavy atom. The van der Waals surface area contributed by atoms with E-state index in [9.17, 15) is 9.59 Å². The normalized spacial score (nSPS) is 15.8. The van der Waals surface area contributed by atoms with Crippen LogP contribution in [-0.2, 0) is 6.54 Å². The lowest BCUT2D eigenvalue weighted by Crippen LogP contribution is -2.30. The Kier molecular flexibility index (Phi) is 3.84. The number of rotatable bonds is 3. The van der Waals surface area contributed by atoms with Gasteiger partial charge >= 0.3 is 0 Å². The number of carbonyl (C=O) groups excluding carboxylic acids is 2. The number of nitrogens with one attached hydrogen (secondary N) is 1. The number of hydrogen-bond donors (Lipinski definition) is 1. The number of hydrogen-bond acceptors (Lipinski definition) is 4. The summed E-state index contributed by atoms with van der Waals surface area (Å²) in [7, 11) is 3.43. The van der Waals surface area contributed by atoms with E-state index < -0.39 is 0 Å². The molecule has 0 radical (unpaired) electrons. The van der Waals surface area contributed by atoms with E-state index >= 15 is 0 Å². The molecule has 0 saturated carbocycles. The summed E-state index contributed by atoms with van der Waals surface area (Å²) >= 11 is 0. The standard InChI is InChI=1S/C19H18N4O3/c1-22(2)18(24)12-5-6-14-13(8-12)10-23(17(14)16-9-20-11-26-16)19(25)15-4-3-7-21-15/h3-9,11,17,21H,10H2,1-2H3. The van der Waals surface area contributed by atoms with Crippen molar-refractivity contribution in [3.05, 3.63) is 77.3 Å². The Morgan fingerprint density at radius 3 is 2.81 bits per heavy atom. The highest BCUT2D eigenvalue weighted by Crippen LogP contribution is 2.39. The van der Waals surface area contributed by atoms with Gasteiger partial charge in [-0.15, -0.1) is 0 Å². The minimum absolute atomic E-state index is 0.0711. The van der Waals surface area contributed by atoms with Gasteiger partial charge in [-0.25, -0.2) is 4.98 Å². The lowest BCUT2D eigenvalue weighted by molar-refractivity contribution is 0.0698. The summed E-state index contributed by atoms with van der Waals surface area (Å²) in [5.74, 6) is 0.390. The predicted octanol–water partition coefficient (Wildman–Crippen LogP) is 2.45. The Balaban J connectivity index is 1.76. The second kappa shape index (κ2) is 6.18. The molecule has 3 aromatic rings. The summed E-state index contributed by atoms with van der Waals surface area (Å²) in [6.45, 7) is 0.396. The largest absolute Gasteiger partial charge is 0.446 e. The molecule has 0 aliphatic carbocycles. The van der Waals surface area contributed by atoms with E-state index in [1.54, 1.807) is 49.6 Å². The van der Waals surface area contributed by atoms with Crippen molar-refractivity contribution >= 4 is 11.8 Å². The number of oxazole rings is 1. The molecule has 26 heavy (non-hydrogen) atoms. The molecule has 4 rings (SSSR count). The topological polar surface area (TPSA) is 82.4 Å². The van der Waals surface area contributed by atoms with Crippen LogP contribution in [0.2, 0.25) is 0 Å². The van der Waals surface area contributed by atoms with Crippen LogP contribution in [0.25, 0.3) is 0 Å². The van der Waals surface area contributed by atoms with Gasteiger partial charge in [0.1, 0.15) is 11.7 Å². The molecule has 1 aliphatic rings. The van der Waals surface area contributed by atoms with Crippen LogP contribution in [0.3, 0.4) is 0 Å². The van der Waals surface area contributed by atoms with Gasteiger partial charge in [-0.3, -0.25) is 9.59 Å². The third-order valence-corrected chi connectivity index (χ3v) is 4.55. The number of aromatic nitrogens is 2. The van der Waals surface area contributed by atoms with Crippen molar-refractivity contribution in [3.8, 4) is 0 Å². The molecule has 1 atom stereocenters. The number of nitrogens with zero attached hydrogens (tertiary/aromatic N) is 3. The second-order valence-electron chi connectivity index (χ2n) is 6.44. The van der Waals surface area contributed by atoms with Gasteiger partial charge in [0.25, 0.3) is 11.8 Å². The maximum atomic E-state index is 13.0. The van der Waals surface area contributed by atoms with Gasteiger partial charge < -0.3 is 19.2 Å². The first kappa shape index (κ1) is 16.1. The molecule has 1 aromatic carbocycles. The summed E-state index contributed by atoms with van der Waals surface area (Å²) in [5, 5.41) is 0. The van der Waals surface area contributed by atoms with Crippen molar-refractivity contribution in [3.63, 3.8) is 0 Å². The fraction of sp³-hybridized carbons (Fsp3) is 0.211. The van der Waals surface area contributed by atoms with Crippen molar-refractivity contribution < 1.29 is 14.0 Å². The maximum absolute atomic E-state index is 13.0. The molecule has 1 aliphatic heterocycles. The van der Waals surface area contributed by atoms with Crippen molar-refractivity contribution in [1.29, 1.82) is 0 Å². The molecular weight excluding hydrogens is 332 g/mol. The molecular formula is C19H18N4O3. The van der Waals surface area contributed by atoms with Gasteiger partial charge in [-0.05, 0) is 35.4 Å². The van der Waals surface area contributed by atoms with E-state index in [4.69, 9.17) is 4.42 Å². The molecule has 0 fully saturated rings. The fourth-order valence-corrected chi connectivity index (χ4v) is 3.32. The molecule has 0 spiro atoms. The number of amides is 2. The molecule has 3 heterocycles. The third-order valence-electron chi connectivity index (χ3n) is 4.55. The smallest absolute Gasteiger partial charge is 0.271 e. The van der Waals surface area contributed by atoms with Crippen molar-refractivity contribution in [2.45, 2.75) is 12.6 Å². The summed E-state index contributed by atoms with van der Waals surface area (Å²) in [6, 6.07) is 8.68. The van der Waals surface area contributed by atoms with Gasteiger partial charge in [0.2, 0.25) is 0 Å². The van der Waals surface area contributed by atoms with E-state index in [0.29, 0.717) is 23.6 Å². The highest BCUT2D eigenvalue weighted by atomic mass is 16.3. The van der Waals surface area contributed by atoms with Crippen LogP contribution in [0.5, 0.6) is 0 Å². The number of H-pyrrole nitrogens is 1. The van der Waals surface area contributed by atoms with Crippen LogP contribution in [-0.4, -0.2) is 45.7 Å². The highest BCUT2D eigenvalue weighted by Gasteiger charge is 2.37. The average Bonchev–Trinajstić information content (AvgIpc) is 3.39. The van der Waals surface area contributed by atoms with Crippen LogP contribution in [0, 0.1) is 0 Å². The molecule has 0 bridgehead atoms. The Hall–Kier alpha value is -3.35. The number of aromatic amines is 1. The van der Waals surface area contributed by atoms with Crippen molar-refractivity contribution in [2.24, 2.45) is 0 Å². The Bertz CT molecular complexity index is 945. The number of carbonyl (C=O) groups is 2. The molecule has 0 saturated heterocycles. The van der Waals surface area contributed by atoms with E-state index in [-0.39, 0.29) is 17.9 Å². The average molecular weight is 350 g/mol. The van der Waals surface area contributed by atoms with Gasteiger partial charge in [0.15, 0.2) is 12.2 Å². The molecule has 2 aromatic heterocycles. The van der Waals surface area contributed by atoms with Crippen LogP contribution < -0.4 is 0 Å². The third kappa shape index (κ3) is 2.57. The molecule has 132 valence electrons. The highest BCUT2D eigenvalue weighted by molar-refractivity contribution is 5.95. The molecule has 2 amide bonds. The Morgan fingerprint density at radius 2 is 2.15 bits per heavy atom. The van der Waals surface area contributed by atoms with Gasteiger partial charge in [-0.2, -0.15) is 0 Å². The number of fused-ring (bicyclic) bond motifs is 1. The van der Waals surface area contributed by atoms with Gasteiger partial charge in [0, 0.05) is 32.4 Å². The maximum Gasteiger partial charge on any atom is 0.271 e. The second-order valence-corrected chi connectivity index (χ2v) is 6.44. The van der Waals surface area contributed by atoms with Gasteiger partial charge in [-0.1, -0.05) is 6.07 Å². The predicted molar refractivity (Wildman–Crippen MR) is 93.5 cm³/mol. The summed E-state index contributed by atoms with van der Waals surface area (Å²) in [4.78, 5) is 35.4. The van der Waals surface area contributed by atoms with E-state index in [2.05, 4.69) is 9.97 Å². The molecule has 7 nitrogen and oxygen atoms in total. The van der Waals surface area contributed by atoms with E-state index in [0.717, 1.165) is 11.1 Å². The van der Waals surface area contributed by atoms with Crippen molar-refractivity contribution in [1.82, 2.24) is 19.8 Å². The van der Waals surface area contributed by atoms with Gasteiger partial charge in [0.05, 0.1) is 6.20 Å². The summed E-state index contributed by atoms with van der Waals surface area (Å²) < 4.78 is 5.50. The lowest BCUT2D eigenvalue weighted by Gasteiger charge is -2.22. The monoisotopic (exact) mass is 350 g/mol. The quantitative estimate of drug-likeness (QED) is 0.786. The fourth-order valence-electron chi connectivity index (χ4n) is 3.32. The van der Waals surface area contributed by atoms with Crippen LogP contribution in [0.4, 0.5) is 0 Å². The Labute approximate surface area is 150 Å². The first-order valence-electron chi connectivity index (χ1n) is 8.23. The van der Waals surface area contributed by atoms with Crippen molar-refractivity contribution in [2.75, 3.05) is 14.1 Å². The summed E-state index contributed by atoms with van der Waals surface area (Å²) in [6.07, 6.45) is 4.69. The van der Waals surface area contributed by atoms with Crippen LogP contribution in [0.1, 0.15) is 43.8 Å². The molecule has 1 unspecified atom stereocenters. The molecule has 7 heteroatoms. The zero-order valence-electron chi connectivity index (χ0n) is 14.5. The van der Waals surface area contributed by atoms with Crippen LogP contribution >= 0.6 is 0 Å². The zero-order chi connectivity index (χ0) is 18.3. The minimum Gasteiger partial charge on any atom is -0.446 e. The lowest BCUT2D eigenvalue weighted by atomic mass is 10.0. The molecule has 1 N–H and O–H groups in total. The summed E-state index contributed by atoms with van der Waals surface area (Å²) in [5.41, 5.74) is 2.97. The first-order chi connectivity index (χ1) is 12.6. The number of benzene rings is 1. The minimum atomic E-state index is -0.369. The van der Waals surface area contributed by atoms with E-state index in [1.807, 2.05) is 12.1 Å². The van der Waals surface area contributed by atoms with E-state index in [1.165, 1.54) is 11.3 Å². The first-order valence-corrected chi connectivity index (χ1v) is 8.23.